The van der Waals surface area contributed by atoms with E-state index in [1.165, 1.54) is 83.5 Å². The van der Waals surface area contributed by atoms with Gasteiger partial charge >= 0.3 is 7.82 Å². The van der Waals surface area contributed by atoms with Gasteiger partial charge in [0, 0.05) is 13.2 Å². The molecule has 36 heavy (non-hydrogen) atoms. The van der Waals surface area contributed by atoms with Crippen molar-refractivity contribution >= 4 is 7.82 Å². The molecule has 8 heteroatoms. The first kappa shape index (κ1) is 40.2. The molecule has 0 aromatic heterocycles. The molecule has 0 aliphatic carbocycles. The van der Waals surface area contributed by atoms with Crippen molar-refractivity contribution in [2.24, 2.45) is 5.73 Å². The van der Waals surface area contributed by atoms with Gasteiger partial charge < -0.3 is 30.6 Å². The molecule has 7 nitrogen and oxygen atoms in total. The molecule has 0 heterocycles. The molecule has 7 N–H and O–H groups in total. The van der Waals surface area contributed by atoms with Crippen molar-refractivity contribution in [3.8, 4) is 0 Å². The molecule has 0 aliphatic heterocycles. The number of hydrogen-bond donors (Lipinski definition) is 6. The molecule has 0 aliphatic rings. The Balaban J connectivity index is -0.000000543. The Morgan fingerprint density at radius 3 is 1.31 bits per heavy atom. The largest absolute Gasteiger partial charge is 0.466 e. The van der Waals surface area contributed by atoms with Gasteiger partial charge in [-0.2, -0.15) is 0 Å². The van der Waals surface area contributed by atoms with Gasteiger partial charge in [-0.1, -0.05) is 116 Å². The van der Waals surface area contributed by atoms with E-state index in [1.807, 2.05) is 0 Å². The molecule has 0 saturated carbocycles. The molecule has 0 radical (unpaired) electrons. The maximum absolute atomic E-state index is 9.96. The minimum absolute atomic E-state index is 0.362. The zero-order chi connectivity index (χ0) is 28.0. The Morgan fingerprint density at radius 1 is 0.639 bits per heavy atom. The van der Waals surface area contributed by atoms with Crippen LogP contribution >= 0.6 is 7.82 Å². The maximum Gasteiger partial charge on any atom is 0.466 e. The summed E-state index contributed by atoms with van der Waals surface area (Å²) in [6, 6.07) is 0. The Hall–Kier alpha value is -0.270. The lowest BCUT2D eigenvalue weighted by Gasteiger charge is -2.26. The topological polar surface area (TPSA) is 144 Å². The molecular formula is C28H62NO6P. The van der Waals surface area contributed by atoms with E-state index in [-0.39, 0.29) is 0 Å². The van der Waals surface area contributed by atoms with Gasteiger partial charge in [0.2, 0.25) is 0 Å². The summed E-state index contributed by atoms with van der Waals surface area (Å²) in [6.07, 6.45) is 29.4. The highest BCUT2D eigenvalue weighted by molar-refractivity contribution is 7.45. The smallest absolute Gasteiger partial charge is 0.396 e. The minimum atomic E-state index is -4.64. The van der Waals surface area contributed by atoms with Crippen LogP contribution in [0.25, 0.3) is 0 Å². The van der Waals surface area contributed by atoms with Gasteiger partial charge in [0.1, 0.15) is 0 Å². The van der Waals surface area contributed by atoms with Crippen LogP contribution in [0.15, 0.2) is 12.2 Å². The van der Waals surface area contributed by atoms with E-state index >= 15 is 0 Å². The lowest BCUT2D eigenvalue weighted by molar-refractivity contribution is 0.0273. The highest BCUT2D eigenvalue weighted by Crippen LogP contribution is 2.25. The highest BCUT2D eigenvalue weighted by atomic mass is 31.2. The summed E-state index contributed by atoms with van der Waals surface area (Å²) in [5, 5.41) is 18.6. The molecule has 0 aromatic rings. The summed E-state index contributed by atoms with van der Waals surface area (Å²) in [5.41, 5.74) is 4.96. The van der Waals surface area contributed by atoms with E-state index in [2.05, 4.69) is 32.9 Å². The lowest BCUT2D eigenvalue weighted by atomic mass is 9.91. The quantitative estimate of drug-likeness (QED) is 0.0487. The summed E-state index contributed by atoms with van der Waals surface area (Å²) >= 11 is 0. The summed E-state index contributed by atoms with van der Waals surface area (Å²) in [4.78, 5) is 21.6. The number of aliphatic hydroxyl groups excluding tert-OH is 1. The van der Waals surface area contributed by atoms with Crippen LogP contribution in [0.2, 0.25) is 0 Å². The molecule has 0 amide bonds. The lowest BCUT2D eigenvalue weighted by Crippen LogP contribution is -2.37. The van der Waals surface area contributed by atoms with E-state index in [0.29, 0.717) is 13.2 Å². The highest BCUT2D eigenvalue weighted by Gasteiger charge is 2.22. The molecule has 0 unspecified atom stereocenters. The normalized spacial score (nSPS) is 11.7. The number of hydrogen-bond acceptors (Lipinski definition) is 4. The van der Waals surface area contributed by atoms with Crippen LogP contribution in [-0.2, 0) is 4.57 Å². The van der Waals surface area contributed by atoms with Crippen LogP contribution in [-0.4, -0.2) is 43.6 Å². The van der Waals surface area contributed by atoms with Gasteiger partial charge in [0.15, 0.2) is 0 Å². The molecule has 0 bridgehead atoms. The second-order valence-corrected chi connectivity index (χ2v) is 10.8. The van der Waals surface area contributed by atoms with E-state index < -0.39 is 13.4 Å². The molecule has 0 spiro atoms. The molecule has 0 saturated heterocycles. The maximum atomic E-state index is 9.96. The van der Waals surface area contributed by atoms with E-state index in [4.69, 9.17) is 30.1 Å². The molecule has 0 fully saturated rings. The fraction of sp³-hybridized carbons (Fsp3) is 0.929. The van der Waals surface area contributed by atoms with E-state index in [9.17, 15) is 5.11 Å². The van der Waals surface area contributed by atoms with Crippen LogP contribution in [0.1, 0.15) is 149 Å². The van der Waals surface area contributed by atoms with Crippen molar-refractivity contribution in [1.82, 2.24) is 0 Å². The number of allylic oxidation sites excluding steroid dienone is 2. The van der Waals surface area contributed by atoms with Crippen molar-refractivity contribution in [3.63, 3.8) is 0 Å². The van der Waals surface area contributed by atoms with Crippen LogP contribution in [0.4, 0.5) is 0 Å². The molecule has 0 atom stereocenters. The standard InChI is InChI=1S/C18H36O.C10H23NO.H3O4P/c1-2-3-4-5-6-7-8-9-10-11-12-13-14-15-16-17-18-19;1-3-5-7-10(12,9-11)8-6-4-2;1-5(2,3)4/h9-10,19H,2-8,11-18H2,1H3;12H,3-9,11H2,1-2H3;(H3,1,2,3,4)/b10-9-;;. The Kier molecular flexibility index (Phi) is 34.6. The predicted octanol–water partition coefficient (Wildman–Crippen LogP) is 7.14. The third-order valence-electron chi connectivity index (χ3n) is 6.04. The average molecular weight is 540 g/mol. The number of unbranched alkanes of at least 4 members (excludes halogenated alkanes) is 14. The summed E-state index contributed by atoms with van der Waals surface area (Å²) in [6.45, 7) is 7.32. The monoisotopic (exact) mass is 539 g/mol. The van der Waals surface area contributed by atoms with E-state index in [1.54, 1.807) is 0 Å². The fourth-order valence-electron chi connectivity index (χ4n) is 3.70. The van der Waals surface area contributed by atoms with Gasteiger partial charge in [-0.15, -0.1) is 0 Å². The van der Waals surface area contributed by atoms with Crippen LogP contribution in [0.3, 0.4) is 0 Å². The zero-order valence-corrected chi connectivity index (χ0v) is 24.8. The van der Waals surface area contributed by atoms with Gasteiger partial charge in [-0.05, 0) is 44.9 Å². The second kappa shape index (κ2) is 31.0. The van der Waals surface area contributed by atoms with Gasteiger partial charge in [-0.3, -0.25) is 0 Å². The third-order valence-corrected chi connectivity index (χ3v) is 6.04. The average Bonchev–Trinajstić information content (AvgIpc) is 2.83. The molecule has 0 aromatic carbocycles. The number of rotatable bonds is 22. The van der Waals surface area contributed by atoms with Crippen LogP contribution < -0.4 is 5.73 Å². The van der Waals surface area contributed by atoms with Crippen molar-refractivity contribution in [3.05, 3.63) is 12.2 Å². The first-order valence-electron chi connectivity index (χ1n) is 14.6. The zero-order valence-electron chi connectivity index (χ0n) is 23.9. The van der Waals surface area contributed by atoms with Crippen molar-refractivity contribution in [1.29, 1.82) is 0 Å². The molecule has 0 rings (SSSR count). The van der Waals surface area contributed by atoms with Crippen LogP contribution in [0, 0.1) is 0 Å². The van der Waals surface area contributed by atoms with Gasteiger partial charge in [-0.25, -0.2) is 4.57 Å². The van der Waals surface area contributed by atoms with E-state index in [0.717, 1.165) is 44.9 Å². The van der Waals surface area contributed by atoms with Crippen molar-refractivity contribution in [2.75, 3.05) is 13.2 Å². The second-order valence-electron chi connectivity index (χ2n) is 9.81. The molecular weight excluding hydrogens is 477 g/mol. The first-order valence-corrected chi connectivity index (χ1v) is 16.1. The SMILES string of the molecule is CCCCC(O)(CN)CCCC.CCCCCCCC/C=C\CCCCCCCCO.O=P(O)(O)O. The van der Waals surface area contributed by atoms with Crippen molar-refractivity contribution < 1.29 is 29.5 Å². The summed E-state index contributed by atoms with van der Waals surface area (Å²) in [5.74, 6) is 0. The summed E-state index contributed by atoms with van der Waals surface area (Å²) in [7, 11) is -4.64. The number of nitrogens with two attached hydrogens (primary N) is 1. The fourth-order valence-corrected chi connectivity index (χ4v) is 3.70. The summed E-state index contributed by atoms with van der Waals surface area (Å²) < 4.78 is 8.88. The van der Waals surface area contributed by atoms with Crippen molar-refractivity contribution in [2.45, 2.75) is 155 Å². The predicted molar refractivity (Wildman–Crippen MR) is 154 cm³/mol. The first-order chi connectivity index (χ1) is 17.1. The number of aliphatic hydroxyl groups is 2. The third kappa shape index (κ3) is 43.8. The Bertz CT molecular complexity index is 468. The minimum Gasteiger partial charge on any atom is -0.396 e. The Morgan fingerprint density at radius 2 is 0.972 bits per heavy atom. The van der Waals surface area contributed by atoms with Gasteiger partial charge in [0.25, 0.3) is 0 Å². The van der Waals surface area contributed by atoms with Gasteiger partial charge in [0.05, 0.1) is 5.60 Å². The Labute approximate surface area is 223 Å². The van der Waals surface area contributed by atoms with Crippen LogP contribution in [0.5, 0.6) is 0 Å². The molecule has 220 valence electrons. The number of phosphoric acid groups is 1.